The topological polar surface area (TPSA) is 115 Å². The second-order valence-electron chi connectivity index (χ2n) is 9.60. The third kappa shape index (κ3) is 6.12. The number of carbonyl (C=O) groups excluding carboxylic acids is 2. The molecule has 1 aliphatic heterocycles. The SMILES string of the molecule is CCOc1ccc2c(c1)C(=N)N(CC(=O)c1cc(OCCCC(N)=O)c(OC)c(C(C)(C)C)c1)C2. The number of hydrogen-bond donors (Lipinski definition) is 2. The number of ether oxygens (including phenoxy) is 3. The Morgan fingerprint density at radius 1 is 1.14 bits per heavy atom. The van der Waals surface area contributed by atoms with E-state index < -0.39 is 0 Å². The number of amides is 1. The lowest BCUT2D eigenvalue weighted by Crippen LogP contribution is -2.30. The first-order valence-corrected chi connectivity index (χ1v) is 11.8. The van der Waals surface area contributed by atoms with Crippen LogP contribution in [-0.4, -0.2) is 49.3 Å². The van der Waals surface area contributed by atoms with Gasteiger partial charge >= 0.3 is 0 Å². The highest BCUT2D eigenvalue weighted by atomic mass is 16.5. The lowest BCUT2D eigenvalue weighted by Gasteiger charge is -2.25. The monoisotopic (exact) mass is 481 g/mol. The summed E-state index contributed by atoms with van der Waals surface area (Å²) < 4.78 is 17.1. The van der Waals surface area contributed by atoms with E-state index in [4.69, 9.17) is 25.4 Å². The van der Waals surface area contributed by atoms with E-state index >= 15 is 0 Å². The highest BCUT2D eigenvalue weighted by Crippen LogP contribution is 2.40. The minimum absolute atomic E-state index is 0.0640. The molecule has 35 heavy (non-hydrogen) atoms. The molecule has 0 saturated heterocycles. The van der Waals surface area contributed by atoms with Gasteiger partial charge in [-0.3, -0.25) is 15.0 Å². The molecule has 0 spiro atoms. The number of nitrogens with two attached hydrogens (primary N) is 1. The zero-order valence-corrected chi connectivity index (χ0v) is 21.2. The summed E-state index contributed by atoms with van der Waals surface area (Å²) in [6.45, 7) is 9.42. The van der Waals surface area contributed by atoms with E-state index in [9.17, 15) is 9.59 Å². The summed E-state index contributed by atoms with van der Waals surface area (Å²) in [6.07, 6.45) is 0.685. The van der Waals surface area contributed by atoms with E-state index in [2.05, 4.69) is 0 Å². The van der Waals surface area contributed by atoms with Gasteiger partial charge in [0.1, 0.15) is 11.6 Å². The Hall–Kier alpha value is -3.55. The summed E-state index contributed by atoms with van der Waals surface area (Å²) in [4.78, 5) is 26.2. The molecular formula is C27H35N3O5. The molecule has 3 rings (SSSR count). The van der Waals surface area contributed by atoms with Crippen LogP contribution in [0.5, 0.6) is 17.2 Å². The molecule has 2 aromatic carbocycles. The number of amidine groups is 1. The fourth-order valence-corrected chi connectivity index (χ4v) is 4.09. The predicted molar refractivity (Wildman–Crippen MR) is 135 cm³/mol. The van der Waals surface area contributed by atoms with Crippen LogP contribution in [0.1, 0.15) is 67.6 Å². The van der Waals surface area contributed by atoms with E-state index in [1.165, 1.54) is 0 Å². The van der Waals surface area contributed by atoms with Gasteiger partial charge in [0, 0.05) is 29.7 Å². The Labute approximate surface area is 206 Å². The third-order valence-corrected chi connectivity index (χ3v) is 5.87. The number of fused-ring (bicyclic) bond motifs is 1. The summed E-state index contributed by atoms with van der Waals surface area (Å²) in [6, 6.07) is 9.22. The average Bonchev–Trinajstić information content (AvgIpc) is 3.10. The Kier molecular flexibility index (Phi) is 8.04. The van der Waals surface area contributed by atoms with Gasteiger partial charge in [0.15, 0.2) is 17.3 Å². The maximum atomic E-state index is 13.4. The van der Waals surface area contributed by atoms with Crippen LogP contribution in [0.15, 0.2) is 30.3 Å². The lowest BCUT2D eigenvalue weighted by atomic mass is 9.84. The second kappa shape index (κ2) is 10.8. The molecule has 3 N–H and O–H groups in total. The second-order valence-corrected chi connectivity index (χ2v) is 9.60. The molecule has 188 valence electrons. The van der Waals surface area contributed by atoms with Crippen LogP contribution < -0.4 is 19.9 Å². The molecule has 0 unspecified atom stereocenters. The van der Waals surface area contributed by atoms with Gasteiger partial charge in [-0.15, -0.1) is 0 Å². The molecule has 8 heteroatoms. The molecule has 0 atom stereocenters. The minimum Gasteiger partial charge on any atom is -0.494 e. The fourth-order valence-electron chi connectivity index (χ4n) is 4.09. The molecule has 0 aromatic heterocycles. The van der Waals surface area contributed by atoms with Crippen molar-refractivity contribution in [3.8, 4) is 17.2 Å². The van der Waals surface area contributed by atoms with Crippen molar-refractivity contribution in [1.82, 2.24) is 4.90 Å². The maximum absolute atomic E-state index is 13.4. The molecule has 2 aromatic rings. The molecule has 0 radical (unpaired) electrons. The summed E-state index contributed by atoms with van der Waals surface area (Å²) in [5.41, 5.74) is 8.03. The largest absolute Gasteiger partial charge is 0.494 e. The number of carbonyl (C=O) groups is 2. The smallest absolute Gasteiger partial charge is 0.217 e. The first kappa shape index (κ1) is 26.1. The molecule has 1 aliphatic rings. The molecule has 1 heterocycles. The minimum atomic E-state index is -0.387. The summed E-state index contributed by atoms with van der Waals surface area (Å²) in [5, 5.41) is 8.60. The number of benzene rings is 2. The number of ketones is 1. The van der Waals surface area contributed by atoms with Crippen LogP contribution in [0.3, 0.4) is 0 Å². The molecule has 0 saturated carbocycles. The van der Waals surface area contributed by atoms with Gasteiger partial charge in [-0.25, -0.2) is 0 Å². The number of primary amides is 1. The van der Waals surface area contributed by atoms with Crippen molar-refractivity contribution in [1.29, 1.82) is 5.41 Å². The number of Topliss-reactive ketones (excluding diaryl/α,β-unsaturated/α-hetero) is 1. The van der Waals surface area contributed by atoms with Gasteiger partial charge in [-0.1, -0.05) is 26.8 Å². The van der Waals surface area contributed by atoms with Crippen LogP contribution in [0.2, 0.25) is 0 Å². The third-order valence-electron chi connectivity index (χ3n) is 5.87. The molecule has 0 aliphatic carbocycles. The molecule has 0 bridgehead atoms. The van der Waals surface area contributed by atoms with Crippen molar-refractivity contribution in [2.45, 2.75) is 52.5 Å². The van der Waals surface area contributed by atoms with E-state index in [1.54, 1.807) is 18.1 Å². The lowest BCUT2D eigenvalue weighted by molar-refractivity contribution is -0.118. The van der Waals surface area contributed by atoms with Crippen molar-refractivity contribution in [3.63, 3.8) is 0 Å². The standard InChI is InChI=1S/C27H35N3O5/c1-6-34-19-10-9-17-15-30(26(29)20(17)14-19)16-22(31)18-12-21(27(2,3)4)25(33-5)23(13-18)35-11-7-8-24(28)32/h9-10,12-14,29H,6-8,11,15-16H2,1-5H3,(H2,28,32). The molecule has 0 fully saturated rings. The molecule has 1 amide bonds. The zero-order chi connectivity index (χ0) is 25.8. The highest BCUT2D eigenvalue weighted by molar-refractivity contribution is 6.05. The van der Waals surface area contributed by atoms with Gasteiger partial charge in [-0.2, -0.15) is 0 Å². The van der Waals surface area contributed by atoms with Crippen molar-refractivity contribution in [2.24, 2.45) is 5.73 Å². The van der Waals surface area contributed by atoms with Crippen LogP contribution in [0.4, 0.5) is 0 Å². The number of hydrogen-bond acceptors (Lipinski definition) is 6. The fraction of sp³-hybridized carbons (Fsp3) is 0.444. The summed E-state index contributed by atoms with van der Waals surface area (Å²) in [5.74, 6) is 1.53. The van der Waals surface area contributed by atoms with Gasteiger partial charge in [0.25, 0.3) is 0 Å². The van der Waals surface area contributed by atoms with Crippen LogP contribution in [0, 0.1) is 5.41 Å². The Balaban J connectivity index is 1.84. The normalized spacial score (nSPS) is 12.9. The van der Waals surface area contributed by atoms with Crippen LogP contribution in [0.25, 0.3) is 0 Å². The van der Waals surface area contributed by atoms with Gasteiger partial charge in [0.2, 0.25) is 5.91 Å². The van der Waals surface area contributed by atoms with Crippen molar-refractivity contribution >= 4 is 17.5 Å². The molecule has 8 nitrogen and oxygen atoms in total. The highest BCUT2D eigenvalue weighted by Gasteiger charge is 2.29. The number of nitrogens with zero attached hydrogens (tertiary/aromatic N) is 1. The first-order valence-electron chi connectivity index (χ1n) is 11.8. The van der Waals surface area contributed by atoms with Gasteiger partial charge in [0.05, 0.1) is 26.9 Å². The number of rotatable bonds is 11. The van der Waals surface area contributed by atoms with Crippen molar-refractivity contribution < 1.29 is 23.8 Å². The number of methoxy groups -OCH3 is 1. The Bertz CT molecular complexity index is 1120. The van der Waals surface area contributed by atoms with Crippen LogP contribution >= 0.6 is 0 Å². The Morgan fingerprint density at radius 3 is 2.51 bits per heavy atom. The predicted octanol–water partition coefficient (Wildman–Crippen LogP) is 4.06. The van der Waals surface area contributed by atoms with Crippen molar-refractivity contribution in [3.05, 3.63) is 52.6 Å². The van der Waals surface area contributed by atoms with E-state index in [0.717, 1.165) is 16.7 Å². The van der Waals surface area contributed by atoms with Gasteiger partial charge < -0.3 is 24.8 Å². The summed E-state index contributed by atoms with van der Waals surface area (Å²) >= 11 is 0. The summed E-state index contributed by atoms with van der Waals surface area (Å²) in [7, 11) is 1.57. The first-order chi connectivity index (χ1) is 16.5. The molecular weight excluding hydrogens is 446 g/mol. The quantitative estimate of drug-likeness (QED) is 0.369. The van der Waals surface area contributed by atoms with Crippen molar-refractivity contribution in [2.75, 3.05) is 26.9 Å². The average molecular weight is 482 g/mol. The number of nitrogens with one attached hydrogen (secondary N) is 1. The van der Waals surface area contributed by atoms with Gasteiger partial charge in [-0.05, 0) is 48.6 Å². The zero-order valence-electron chi connectivity index (χ0n) is 21.2. The van der Waals surface area contributed by atoms with E-state index in [0.29, 0.717) is 48.2 Å². The maximum Gasteiger partial charge on any atom is 0.217 e. The van der Waals surface area contributed by atoms with E-state index in [-0.39, 0.29) is 36.7 Å². The van der Waals surface area contributed by atoms with E-state index in [1.807, 2.05) is 52.0 Å². The van der Waals surface area contributed by atoms with Crippen LogP contribution in [-0.2, 0) is 16.8 Å². The Morgan fingerprint density at radius 2 is 1.89 bits per heavy atom.